The van der Waals surface area contributed by atoms with Gasteiger partial charge in [0.25, 0.3) is 0 Å². The van der Waals surface area contributed by atoms with E-state index in [1.54, 1.807) is 19.1 Å². The minimum atomic E-state index is -0.647. The normalized spacial score (nSPS) is 23.2. The van der Waals surface area contributed by atoms with Crippen molar-refractivity contribution in [1.82, 2.24) is 10.2 Å². The standard InChI is InChI=1S/C13H17N3O2/c1-13(11(14)15-12(17)16(13)2)8-9-6-4-5-7-10(9)18-3/h4-7H,8H2,1-3H3,(H2,14,15,17). The molecule has 0 bridgehead atoms. The van der Waals surface area contributed by atoms with Crippen LogP contribution in [-0.4, -0.2) is 36.5 Å². The predicted molar refractivity (Wildman–Crippen MR) is 69.1 cm³/mol. The van der Waals surface area contributed by atoms with Gasteiger partial charge in [0.05, 0.1) is 7.11 Å². The summed E-state index contributed by atoms with van der Waals surface area (Å²) in [7, 11) is 3.32. The summed E-state index contributed by atoms with van der Waals surface area (Å²) in [6, 6.07) is 7.42. The molecule has 1 atom stereocenters. The van der Waals surface area contributed by atoms with E-state index in [2.05, 4.69) is 5.32 Å². The lowest BCUT2D eigenvalue weighted by Crippen LogP contribution is -2.46. The van der Waals surface area contributed by atoms with Gasteiger partial charge < -0.3 is 9.64 Å². The molecule has 1 heterocycles. The first-order chi connectivity index (χ1) is 8.49. The van der Waals surface area contributed by atoms with Crippen molar-refractivity contribution in [2.45, 2.75) is 18.9 Å². The van der Waals surface area contributed by atoms with E-state index in [1.807, 2.05) is 31.2 Å². The van der Waals surface area contributed by atoms with E-state index in [0.29, 0.717) is 6.42 Å². The zero-order chi connectivity index (χ0) is 13.3. The van der Waals surface area contributed by atoms with E-state index >= 15 is 0 Å². The molecule has 2 rings (SSSR count). The second-order valence-corrected chi connectivity index (χ2v) is 4.63. The molecule has 0 radical (unpaired) electrons. The van der Waals surface area contributed by atoms with Gasteiger partial charge in [-0.15, -0.1) is 0 Å². The molecule has 1 aromatic rings. The van der Waals surface area contributed by atoms with Crippen molar-refractivity contribution in [3.63, 3.8) is 0 Å². The Bertz CT molecular complexity index is 501. The zero-order valence-electron chi connectivity index (χ0n) is 10.8. The van der Waals surface area contributed by atoms with Crippen LogP contribution in [0.3, 0.4) is 0 Å². The molecule has 1 saturated heterocycles. The number of methoxy groups -OCH3 is 1. The number of likely N-dealkylation sites (N-methyl/N-ethyl adjacent to an activating group) is 1. The summed E-state index contributed by atoms with van der Waals surface area (Å²) < 4.78 is 5.30. The number of para-hydroxylation sites is 1. The molecule has 1 fully saturated rings. The Kier molecular flexibility index (Phi) is 2.98. The van der Waals surface area contributed by atoms with Crippen LogP contribution in [0.1, 0.15) is 12.5 Å². The van der Waals surface area contributed by atoms with Gasteiger partial charge >= 0.3 is 6.03 Å². The zero-order valence-corrected chi connectivity index (χ0v) is 10.8. The van der Waals surface area contributed by atoms with Crippen LogP contribution in [0.2, 0.25) is 0 Å². The molecule has 1 unspecified atom stereocenters. The van der Waals surface area contributed by atoms with E-state index < -0.39 is 5.54 Å². The molecule has 5 nitrogen and oxygen atoms in total. The van der Waals surface area contributed by atoms with Crippen LogP contribution in [0.4, 0.5) is 4.79 Å². The number of ether oxygens (including phenoxy) is 1. The Morgan fingerprint density at radius 3 is 2.67 bits per heavy atom. The molecular weight excluding hydrogens is 230 g/mol. The Morgan fingerprint density at radius 1 is 1.44 bits per heavy atom. The van der Waals surface area contributed by atoms with Gasteiger partial charge in [0.1, 0.15) is 17.1 Å². The molecule has 1 aliphatic rings. The molecule has 0 spiro atoms. The third-order valence-electron chi connectivity index (χ3n) is 3.54. The number of carbonyl (C=O) groups excluding carboxylic acids is 1. The number of amidine groups is 1. The molecule has 2 N–H and O–H groups in total. The second kappa shape index (κ2) is 4.33. The minimum Gasteiger partial charge on any atom is -0.496 e. The SMILES string of the molecule is COc1ccccc1CC1(C)C(=N)NC(=O)N1C. The molecule has 1 aromatic carbocycles. The lowest BCUT2D eigenvalue weighted by Gasteiger charge is -2.30. The lowest BCUT2D eigenvalue weighted by atomic mass is 9.91. The number of carbonyl (C=O) groups is 1. The predicted octanol–water partition coefficient (Wildman–Crippen LogP) is 1.63. The van der Waals surface area contributed by atoms with Gasteiger partial charge in [-0.25, -0.2) is 4.79 Å². The van der Waals surface area contributed by atoms with E-state index in [-0.39, 0.29) is 11.9 Å². The maximum atomic E-state index is 11.6. The first-order valence-electron chi connectivity index (χ1n) is 5.75. The van der Waals surface area contributed by atoms with Crippen molar-refractivity contribution < 1.29 is 9.53 Å². The van der Waals surface area contributed by atoms with Gasteiger partial charge in [0.15, 0.2) is 0 Å². The number of benzene rings is 1. The minimum absolute atomic E-state index is 0.223. The summed E-state index contributed by atoms with van der Waals surface area (Å²) in [6.07, 6.45) is 0.547. The summed E-state index contributed by atoms with van der Waals surface area (Å²) in [5, 5.41) is 10.5. The van der Waals surface area contributed by atoms with Crippen molar-refractivity contribution in [2.75, 3.05) is 14.2 Å². The summed E-state index contributed by atoms with van der Waals surface area (Å²) in [4.78, 5) is 13.1. The van der Waals surface area contributed by atoms with Crippen LogP contribution in [0, 0.1) is 5.41 Å². The summed E-state index contributed by atoms with van der Waals surface area (Å²) >= 11 is 0. The number of hydrogen-bond donors (Lipinski definition) is 2. The molecule has 18 heavy (non-hydrogen) atoms. The van der Waals surface area contributed by atoms with Crippen molar-refractivity contribution in [2.24, 2.45) is 0 Å². The van der Waals surface area contributed by atoms with Gasteiger partial charge in [-0.1, -0.05) is 18.2 Å². The smallest absolute Gasteiger partial charge is 0.323 e. The van der Waals surface area contributed by atoms with Gasteiger partial charge in [0, 0.05) is 13.5 Å². The van der Waals surface area contributed by atoms with Gasteiger partial charge in [-0.3, -0.25) is 10.7 Å². The quantitative estimate of drug-likeness (QED) is 0.852. The first kappa shape index (κ1) is 12.4. The molecule has 0 aliphatic carbocycles. The number of nitrogens with zero attached hydrogens (tertiary/aromatic N) is 1. The van der Waals surface area contributed by atoms with Crippen molar-refractivity contribution in [3.8, 4) is 5.75 Å². The lowest BCUT2D eigenvalue weighted by molar-refractivity contribution is 0.197. The van der Waals surface area contributed by atoms with Gasteiger partial charge in [-0.2, -0.15) is 0 Å². The molecule has 96 valence electrons. The van der Waals surface area contributed by atoms with Crippen LogP contribution < -0.4 is 10.1 Å². The Labute approximate surface area is 106 Å². The van der Waals surface area contributed by atoms with E-state index in [4.69, 9.17) is 10.1 Å². The van der Waals surface area contributed by atoms with E-state index in [0.717, 1.165) is 11.3 Å². The maximum Gasteiger partial charge on any atom is 0.323 e. The first-order valence-corrected chi connectivity index (χ1v) is 5.75. The highest BCUT2D eigenvalue weighted by Crippen LogP contribution is 2.28. The van der Waals surface area contributed by atoms with Crippen molar-refractivity contribution >= 4 is 11.9 Å². The number of nitrogens with one attached hydrogen (secondary N) is 2. The third-order valence-corrected chi connectivity index (χ3v) is 3.54. The molecule has 0 saturated carbocycles. The fraction of sp³-hybridized carbons (Fsp3) is 0.385. The third kappa shape index (κ3) is 1.81. The second-order valence-electron chi connectivity index (χ2n) is 4.63. The van der Waals surface area contributed by atoms with Gasteiger partial charge in [0.2, 0.25) is 0 Å². The number of amides is 2. The molecule has 5 heteroatoms. The van der Waals surface area contributed by atoms with Crippen LogP contribution in [0.15, 0.2) is 24.3 Å². The number of urea groups is 1. The van der Waals surface area contributed by atoms with Crippen LogP contribution in [0.5, 0.6) is 5.75 Å². The summed E-state index contributed by atoms with van der Waals surface area (Å²) in [5.74, 6) is 1.00. The van der Waals surface area contributed by atoms with E-state index in [1.165, 1.54) is 0 Å². The number of rotatable bonds is 3. The molecule has 1 aliphatic heterocycles. The Balaban J connectivity index is 2.33. The average Bonchev–Trinajstić information content (AvgIpc) is 2.54. The average molecular weight is 247 g/mol. The van der Waals surface area contributed by atoms with Crippen LogP contribution in [0.25, 0.3) is 0 Å². The number of hydrogen-bond acceptors (Lipinski definition) is 3. The monoisotopic (exact) mass is 247 g/mol. The highest BCUT2D eigenvalue weighted by molar-refractivity contribution is 6.08. The largest absolute Gasteiger partial charge is 0.496 e. The maximum absolute atomic E-state index is 11.6. The van der Waals surface area contributed by atoms with E-state index in [9.17, 15) is 4.79 Å². The highest BCUT2D eigenvalue weighted by atomic mass is 16.5. The fourth-order valence-corrected chi connectivity index (χ4v) is 2.14. The van der Waals surface area contributed by atoms with Crippen molar-refractivity contribution in [1.29, 1.82) is 5.41 Å². The van der Waals surface area contributed by atoms with Crippen LogP contribution >= 0.6 is 0 Å². The Hall–Kier alpha value is -2.04. The summed E-state index contributed by atoms with van der Waals surface area (Å²) in [6.45, 7) is 1.87. The Morgan fingerprint density at radius 2 is 2.11 bits per heavy atom. The highest BCUT2D eigenvalue weighted by Gasteiger charge is 2.44. The fourth-order valence-electron chi connectivity index (χ4n) is 2.14. The molecule has 2 amide bonds. The van der Waals surface area contributed by atoms with Crippen LogP contribution in [-0.2, 0) is 6.42 Å². The summed E-state index contributed by atoms with van der Waals surface area (Å²) in [5.41, 5.74) is 0.335. The topological polar surface area (TPSA) is 65.4 Å². The molecular formula is C13H17N3O2. The van der Waals surface area contributed by atoms with Gasteiger partial charge in [-0.05, 0) is 18.6 Å². The molecule has 0 aromatic heterocycles. The van der Waals surface area contributed by atoms with Crippen molar-refractivity contribution in [3.05, 3.63) is 29.8 Å².